The summed E-state index contributed by atoms with van der Waals surface area (Å²) in [4.78, 5) is 9.22. The van der Waals surface area contributed by atoms with E-state index in [1.807, 2.05) is 70.7 Å². The Morgan fingerprint density at radius 1 is 0.935 bits per heavy atom. The first-order valence-electron chi connectivity index (χ1n) is 9.67. The highest BCUT2D eigenvalue weighted by molar-refractivity contribution is 7.09. The maximum absolute atomic E-state index is 9.95. The molecule has 2 aromatic heterocycles. The second kappa shape index (κ2) is 8.44. The fraction of sp³-hybridized carbons (Fsp3) is 0.0833. The fourth-order valence-corrected chi connectivity index (χ4v) is 4.94. The standard InChI is InChI=1S/C24H17Cl2N3OS/c25-17-7-4-15(5-8-17)23(24-27-10-11-31-24)16-6-9-20-21(12-16)29(22(14-30)28-20)19-3-1-2-18(26)13-19/h1-13,23,30H,14H2. The van der Waals surface area contributed by atoms with Gasteiger partial charge in [0.25, 0.3) is 0 Å². The van der Waals surface area contributed by atoms with E-state index in [1.165, 1.54) is 0 Å². The molecule has 0 bridgehead atoms. The van der Waals surface area contributed by atoms with Gasteiger partial charge in [-0.2, -0.15) is 0 Å². The lowest BCUT2D eigenvalue weighted by Gasteiger charge is -2.17. The van der Waals surface area contributed by atoms with Crippen molar-refractivity contribution in [2.24, 2.45) is 0 Å². The van der Waals surface area contributed by atoms with Gasteiger partial charge in [0.1, 0.15) is 17.4 Å². The number of fused-ring (bicyclic) bond motifs is 1. The van der Waals surface area contributed by atoms with Crippen LogP contribution in [0.15, 0.2) is 78.3 Å². The first-order chi connectivity index (χ1) is 15.1. The maximum Gasteiger partial charge on any atom is 0.140 e. The van der Waals surface area contributed by atoms with Crippen molar-refractivity contribution < 1.29 is 5.11 Å². The molecule has 3 aromatic carbocycles. The van der Waals surface area contributed by atoms with Crippen LogP contribution in [0.25, 0.3) is 16.7 Å². The molecule has 0 saturated carbocycles. The third-order valence-corrected chi connectivity index (χ3v) is 6.52. The molecule has 2 heterocycles. The van der Waals surface area contributed by atoms with E-state index in [2.05, 4.69) is 22.1 Å². The minimum atomic E-state index is -0.177. The number of imidazole rings is 1. The van der Waals surface area contributed by atoms with Gasteiger partial charge in [0, 0.05) is 27.3 Å². The van der Waals surface area contributed by atoms with Gasteiger partial charge in [-0.25, -0.2) is 9.97 Å². The van der Waals surface area contributed by atoms with E-state index < -0.39 is 0 Å². The first-order valence-corrected chi connectivity index (χ1v) is 11.3. The molecule has 7 heteroatoms. The molecule has 0 amide bonds. The predicted molar refractivity (Wildman–Crippen MR) is 127 cm³/mol. The lowest BCUT2D eigenvalue weighted by atomic mass is 9.91. The number of aliphatic hydroxyl groups is 1. The van der Waals surface area contributed by atoms with Gasteiger partial charge in [0.05, 0.1) is 17.0 Å². The van der Waals surface area contributed by atoms with Crippen LogP contribution in [-0.4, -0.2) is 19.6 Å². The molecular formula is C24H17Cl2N3OS. The van der Waals surface area contributed by atoms with Crippen LogP contribution in [0.3, 0.4) is 0 Å². The van der Waals surface area contributed by atoms with E-state index in [4.69, 9.17) is 23.2 Å². The van der Waals surface area contributed by atoms with E-state index in [0.717, 1.165) is 32.9 Å². The molecule has 1 N–H and O–H groups in total. The second-order valence-electron chi connectivity index (χ2n) is 7.10. The molecule has 5 rings (SSSR count). The van der Waals surface area contributed by atoms with Crippen molar-refractivity contribution >= 4 is 45.6 Å². The minimum Gasteiger partial charge on any atom is -0.388 e. The van der Waals surface area contributed by atoms with Crippen molar-refractivity contribution in [1.29, 1.82) is 0 Å². The molecule has 0 fully saturated rings. The maximum atomic E-state index is 9.95. The van der Waals surface area contributed by atoms with Gasteiger partial charge in [-0.05, 0) is 53.6 Å². The summed E-state index contributed by atoms with van der Waals surface area (Å²) in [6, 6.07) is 21.6. The molecule has 0 aliphatic carbocycles. The summed E-state index contributed by atoms with van der Waals surface area (Å²) >= 11 is 14.0. The number of benzene rings is 3. The quantitative estimate of drug-likeness (QED) is 0.323. The van der Waals surface area contributed by atoms with Gasteiger partial charge < -0.3 is 5.11 Å². The molecule has 154 valence electrons. The number of aromatic nitrogens is 3. The third kappa shape index (κ3) is 3.86. The van der Waals surface area contributed by atoms with Gasteiger partial charge in [0.15, 0.2) is 0 Å². The van der Waals surface area contributed by atoms with Crippen LogP contribution >= 0.6 is 34.5 Å². The Labute approximate surface area is 193 Å². The minimum absolute atomic E-state index is 0.0399. The molecule has 5 aromatic rings. The smallest absolute Gasteiger partial charge is 0.140 e. The number of thiazole rings is 1. The average molecular weight is 466 g/mol. The fourth-order valence-electron chi connectivity index (χ4n) is 3.84. The molecule has 0 spiro atoms. The van der Waals surface area contributed by atoms with Crippen molar-refractivity contribution in [1.82, 2.24) is 14.5 Å². The number of hydrogen-bond donors (Lipinski definition) is 1. The van der Waals surface area contributed by atoms with Crippen molar-refractivity contribution in [3.63, 3.8) is 0 Å². The number of rotatable bonds is 5. The molecule has 1 unspecified atom stereocenters. The number of hydrogen-bond acceptors (Lipinski definition) is 4. The van der Waals surface area contributed by atoms with Gasteiger partial charge in [-0.1, -0.05) is 47.5 Å². The second-order valence-corrected chi connectivity index (χ2v) is 8.90. The highest BCUT2D eigenvalue weighted by Crippen LogP contribution is 2.36. The van der Waals surface area contributed by atoms with Gasteiger partial charge in [-0.15, -0.1) is 11.3 Å². The van der Waals surface area contributed by atoms with E-state index >= 15 is 0 Å². The molecule has 1 atom stereocenters. The van der Waals surface area contributed by atoms with Crippen LogP contribution < -0.4 is 0 Å². The van der Waals surface area contributed by atoms with Crippen LogP contribution in [0.1, 0.15) is 27.9 Å². The van der Waals surface area contributed by atoms with E-state index in [1.54, 1.807) is 11.3 Å². The summed E-state index contributed by atoms with van der Waals surface area (Å²) < 4.78 is 1.95. The summed E-state index contributed by atoms with van der Waals surface area (Å²) in [7, 11) is 0. The zero-order chi connectivity index (χ0) is 21.4. The van der Waals surface area contributed by atoms with Crippen LogP contribution in [0, 0.1) is 0 Å². The molecule has 31 heavy (non-hydrogen) atoms. The van der Waals surface area contributed by atoms with Crippen LogP contribution in [0.4, 0.5) is 0 Å². The first kappa shape index (κ1) is 20.2. The lowest BCUT2D eigenvalue weighted by Crippen LogP contribution is -2.04. The van der Waals surface area contributed by atoms with E-state index in [0.29, 0.717) is 15.9 Å². The van der Waals surface area contributed by atoms with Crippen molar-refractivity contribution in [3.8, 4) is 5.69 Å². The Bertz CT molecular complexity index is 1350. The molecular weight excluding hydrogens is 449 g/mol. The predicted octanol–water partition coefficient (Wildman–Crippen LogP) is 6.46. The third-order valence-electron chi connectivity index (χ3n) is 5.19. The van der Waals surface area contributed by atoms with E-state index in [-0.39, 0.29) is 12.5 Å². The van der Waals surface area contributed by atoms with Crippen molar-refractivity contribution in [2.45, 2.75) is 12.5 Å². The number of halogens is 2. The zero-order valence-corrected chi connectivity index (χ0v) is 18.6. The summed E-state index contributed by atoms with van der Waals surface area (Å²) in [5.74, 6) is 0.522. The molecule has 0 aliphatic rings. The zero-order valence-electron chi connectivity index (χ0n) is 16.2. The Balaban J connectivity index is 1.72. The summed E-state index contributed by atoms with van der Waals surface area (Å²) in [5.41, 5.74) is 4.75. The average Bonchev–Trinajstić information content (AvgIpc) is 3.43. The normalized spacial score (nSPS) is 12.4. The Kier molecular flexibility index (Phi) is 5.50. The summed E-state index contributed by atoms with van der Waals surface area (Å²) in [6.45, 7) is -0.177. The van der Waals surface area contributed by atoms with Crippen LogP contribution in [0.2, 0.25) is 10.0 Å². The molecule has 4 nitrogen and oxygen atoms in total. The lowest BCUT2D eigenvalue weighted by molar-refractivity contribution is 0.270. The van der Waals surface area contributed by atoms with Gasteiger partial charge in [-0.3, -0.25) is 4.57 Å². The monoisotopic (exact) mass is 465 g/mol. The van der Waals surface area contributed by atoms with Crippen LogP contribution in [0.5, 0.6) is 0 Å². The van der Waals surface area contributed by atoms with E-state index in [9.17, 15) is 5.11 Å². The van der Waals surface area contributed by atoms with Crippen molar-refractivity contribution in [3.05, 3.63) is 110 Å². The van der Waals surface area contributed by atoms with Gasteiger partial charge in [0.2, 0.25) is 0 Å². The SMILES string of the molecule is OCc1nc2ccc(C(c3ccc(Cl)cc3)c3nccs3)cc2n1-c1cccc(Cl)c1. The van der Waals surface area contributed by atoms with Gasteiger partial charge >= 0.3 is 0 Å². The highest BCUT2D eigenvalue weighted by atomic mass is 35.5. The summed E-state index contributed by atoms with van der Waals surface area (Å²) in [5, 5.41) is 14.3. The Morgan fingerprint density at radius 2 is 1.74 bits per heavy atom. The highest BCUT2D eigenvalue weighted by Gasteiger charge is 2.21. The molecule has 0 saturated heterocycles. The van der Waals surface area contributed by atoms with Crippen molar-refractivity contribution in [2.75, 3.05) is 0 Å². The summed E-state index contributed by atoms with van der Waals surface area (Å²) in [6.07, 6.45) is 1.82. The van der Waals surface area contributed by atoms with Crippen LogP contribution in [-0.2, 0) is 6.61 Å². The largest absolute Gasteiger partial charge is 0.388 e. The molecule has 0 aliphatic heterocycles. The number of aliphatic hydroxyl groups excluding tert-OH is 1. The number of nitrogens with zero attached hydrogens (tertiary/aromatic N) is 3. The Hall–Kier alpha value is -2.70. The Morgan fingerprint density at radius 3 is 2.45 bits per heavy atom. The topological polar surface area (TPSA) is 50.9 Å². The molecule has 0 radical (unpaired) electrons.